The van der Waals surface area contributed by atoms with Crippen LogP contribution < -0.4 is 4.74 Å². The molecule has 3 aromatic carbocycles. The molecular weight excluding hydrogens is 569 g/mol. The second-order valence-corrected chi connectivity index (χ2v) is 12.4. The number of carbonyl (C=O) groups is 1. The zero-order valence-electron chi connectivity index (χ0n) is 25.5. The van der Waals surface area contributed by atoms with Crippen molar-refractivity contribution in [3.8, 4) is 39.4 Å². The SMILES string of the molecule is Cc1cc2nc(-c3cccc(-c4ccc(F)cc4)c3)cn2c(-c2ccc3c4c(ccnc24)CCO3)c1C(OC(C)(C)C)C(=O)O. The fraction of sp³-hybridized carbons (Fsp3) is 0.216. The molecule has 0 radical (unpaired) electrons. The van der Waals surface area contributed by atoms with Crippen molar-refractivity contribution in [1.82, 2.24) is 14.4 Å². The number of nitrogens with zero attached hydrogens (tertiary/aromatic N) is 3. The first-order valence-corrected chi connectivity index (χ1v) is 14.9. The molecule has 3 aromatic heterocycles. The van der Waals surface area contributed by atoms with Crippen molar-refractivity contribution in [2.45, 2.75) is 45.8 Å². The van der Waals surface area contributed by atoms with Gasteiger partial charge < -0.3 is 14.6 Å². The molecule has 1 unspecified atom stereocenters. The number of imidazole rings is 1. The van der Waals surface area contributed by atoms with E-state index in [9.17, 15) is 14.3 Å². The van der Waals surface area contributed by atoms with Gasteiger partial charge in [-0.3, -0.25) is 9.38 Å². The first-order chi connectivity index (χ1) is 21.6. The molecule has 8 heteroatoms. The van der Waals surface area contributed by atoms with Crippen LogP contribution in [-0.4, -0.2) is 37.7 Å². The summed E-state index contributed by atoms with van der Waals surface area (Å²) in [7, 11) is 0. The third kappa shape index (κ3) is 5.21. The number of pyridine rings is 2. The summed E-state index contributed by atoms with van der Waals surface area (Å²) in [5.74, 6) is -0.609. The zero-order chi connectivity index (χ0) is 31.5. The number of carboxylic acids is 1. The maximum atomic E-state index is 13.6. The summed E-state index contributed by atoms with van der Waals surface area (Å²) in [6, 6.07) is 22.1. The smallest absolute Gasteiger partial charge is 0.337 e. The van der Waals surface area contributed by atoms with E-state index in [0.29, 0.717) is 29.2 Å². The average Bonchev–Trinajstić information content (AvgIpc) is 3.44. The van der Waals surface area contributed by atoms with Crippen LogP contribution in [0, 0.1) is 12.7 Å². The third-order valence-corrected chi connectivity index (χ3v) is 8.12. The fourth-order valence-electron chi connectivity index (χ4n) is 6.19. The largest absolute Gasteiger partial charge is 0.493 e. The van der Waals surface area contributed by atoms with E-state index >= 15 is 0 Å². The van der Waals surface area contributed by atoms with Gasteiger partial charge in [0.15, 0.2) is 6.10 Å². The molecule has 4 heterocycles. The van der Waals surface area contributed by atoms with Crippen LogP contribution in [0.2, 0.25) is 0 Å². The Hall–Kier alpha value is -5.08. The van der Waals surface area contributed by atoms with Gasteiger partial charge in [0.25, 0.3) is 0 Å². The highest BCUT2D eigenvalue weighted by molar-refractivity contribution is 6.00. The Labute approximate surface area is 259 Å². The first kappa shape index (κ1) is 28.7. The Morgan fingerprint density at radius 1 is 1.02 bits per heavy atom. The summed E-state index contributed by atoms with van der Waals surface area (Å²) in [6.45, 7) is 8.03. The van der Waals surface area contributed by atoms with Crippen LogP contribution in [0.1, 0.15) is 43.6 Å². The standard InChI is InChI=1S/C37H32FN3O4/c1-21-18-30-40-28(25-7-5-6-24(19-25)22-8-10-26(38)11-9-22)20-41(30)34(31(21)35(36(42)43)45-37(2,3)4)27-12-13-29-32-23(15-17-44-29)14-16-39-33(27)32/h5-14,16,18-20,35H,15,17H2,1-4H3,(H,42,43). The molecule has 6 aromatic rings. The highest BCUT2D eigenvalue weighted by Gasteiger charge is 2.33. The molecule has 0 bridgehead atoms. The molecule has 1 atom stereocenters. The Morgan fingerprint density at radius 2 is 1.80 bits per heavy atom. The van der Waals surface area contributed by atoms with Crippen molar-refractivity contribution in [3.63, 3.8) is 0 Å². The van der Waals surface area contributed by atoms with Gasteiger partial charge in [0.2, 0.25) is 0 Å². The van der Waals surface area contributed by atoms with Crippen LogP contribution in [0.25, 0.3) is 50.2 Å². The lowest BCUT2D eigenvalue weighted by molar-refractivity contribution is -0.160. The zero-order valence-corrected chi connectivity index (χ0v) is 25.5. The number of hydrogen-bond acceptors (Lipinski definition) is 5. The molecular formula is C37H32FN3O4. The van der Waals surface area contributed by atoms with E-state index in [4.69, 9.17) is 19.4 Å². The summed E-state index contributed by atoms with van der Waals surface area (Å²) in [5.41, 5.74) is 7.88. The number of aromatic nitrogens is 3. The van der Waals surface area contributed by atoms with Crippen molar-refractivity contribution in [2.75, 3.05) is 6.61 Å². The van der Waals surface area contributed by atoms with Crippen LogP contribution in [0.3, 0.4) is 0 Å². The molecule has 0 amide bonds. The molecule has 226 valence electrons. The van der Waals surface area contributed by atoms with Gasteiger partial charge in [-0.05, 0) is 92.4 Å². The number of aliphatic carboxylic acids is 1. The topological polar surface area (TPSA) is 86.0 Å². The number of ether oxygens (including phenoxy) is 2. The van der Waals surface area contributed by atoms with E-state index in [1.54, 1.807) is 18.3 Å². The number of fused-ring (bicyclic) bond motifs is 1. The lowest BCUT2D eigenvalue weighted by Crippen LogP contribution is -2.28. The molecule has 0 fully saturated rings. The van der Waals surface area contributed by atoms with E-state index in [2.05, 4.69) is 0 Å². The second-order valence-electron chi connectivity index (χ2n) is 12.4. The highest BCUT2D eigenvalue weighted by atomic mass is 19.1. The Bertz CT molecular complexity index is 2100. The minimum atomic E-state index is -1.25. The molecule has 45 heavy (non-hydrogen) atoms. The van der Waals surface area contributed by atoms with Crippen molar-refractivity contribution in [2.24, 2.45) is 0 Å². The van der Waals surface area contributed by atoms with E-state index < -0.39 is 17.7 Å². The van der Waals surface area contributed by atoms with Gasteiger partial charge in [-0.1, -0.05) is 30.3 Å². The van der Waals surface area contributed by atoms with Crippen LogP contribution in [-0.2, 0) is 16.0 Å². The minimum absolute atomic E-state index is 0.288. The van der Waals surface area contributed by atoms with Crippen LogP contribution in [0.5, 0.6) is 5.75 Å². The van der Waals surface area contributed by atoms with Gasteiger partial charge in [-0.2, -0.15) is 0 Å². The van der Waals surface area contributed by atoms with Crippen molar-refractivity contribution in [3.05, 3.63) is 108 Å². The summed E-state index contributed by atoms with van der Waals surface area (Å²) in [4.78, 5) is 22.7. The Morgan fingerprint density at radius 3 is 2.56 bits per heavy atom. The van der Waals surface area contributed by atoms with Gasteiger partial charge in [-0.15, -0.1) is 0 Å². The molecule has 1 aliphatic heterocycles. The summed E-state index contributed by atoms with van der Waals surface area (Å²) < 4.78 is 27.8. The predicted octanol–water partition coefficient (Wildman–Crippen LogP) is 8.21. The monoisotopic (exact) mass is 601 g/mol. The first-order valence-electron chi connectivity index (χ1n) is 14.9. The van der Waals surface area contributed by atoms with Gasteiger partial charge >= 0.3 is 5.97 Å². The predicted molar refractivity (Wildman–Crippen MR) is 172 cm³/mol. The van der Waals surface area contributed by atoms with Crippen LogP contribution in [0.15, 0.2) is 85.2 Å². The van der Waals surface area contributed by atoms with Gasteiger partial charge in [0, 0.05) is 40.9 Å². The molecule has 0 saturated carbocycles. The molecule has 1 N–H and O–H groups in total. The average molecular weight is 602 g/mol. The van der Waals surface area contributed by atoms with E-state index in [-0.39, 0.29) is 5.82 Å². The molecule has 7 nitrogen and oxygen atoms in total. The van der Waals surface area contributed by atoms with Crippen LogP contribution >= 0.6 is 0 Å². The maximum Gasteiger partial charge on any atom is 0.337 e. The fourth-order valence-corrected chi connectivity index (χ4v) is 6.19. The lowest BCUT2D eigenvalue weighted by Gasteiger charge is -2.28. The number of rotatable bonds is 6. The highest BCUT2D eigenvalue weighted by Crippen LogP contribution is 2.43. The van der Waals surface area contributed by atoms with Gasteiger partial charge in [0.05, 0.1) is 29.1 Å². The number of aryl methyl sites for hydroxylation is 1. The van der Waals surface area contributed by atoms with Gasteiger partial charge in [-0.25, -0.2) is 14.2 Å². The second kappa shape index (κ2) is 10.8. The maximum absolute atomic E-state index is 13.6. The van der Waals surface area contributed by atoms with Crippen LogP contribution in [0.4, 0.5) is 4.39 Å². The summed E-state index contributed by atoms with van der Waals surface area (Å²) in [6.07, 6.45) is 3.23. The molecule has 0 spiro atoms. The Kier molecular flexibility index (Phi) is 6.89. The van der Waals surface area contributed by atoms with E-state index in [1.165, 1.54) is 12.1 Å². The van der Waals surface area contributed by atoms with E-state index in [0.717, 1.165) is 56.5 Å². The lowest BCUT2D eigenvalue weighted by atomic mass is 9.92. The van der Waals surface area contributed by atoms with Crippen molar-refractivity contribution in [1.29, 1.82) is 0 Å². The number of halogens is 1. The van der Waals surface area contributed by atoms with Gasteiger partial charge in [0.1, 0.15) is 17.2 Å². The normalized spacial score (nSPS) is 13.6. The number of benzene rings is 3. The minimum Gasteiger partial charge on any atom is -0.493 e. The van der Waals surface area contributed by atoms with E-state index in [1.807, 2.05) is 86.8 Å². The molecule has 0 saturated heterocycles. The molecule has 7 rings (SSSR count). The third-order valence-electron chi connectivity index (χ3n) is 8.12. The van der Waals surface area contributed by atoms with Crippen molar-refractivity contribution >= 4 is 22.5 Å². The number of hydrogen-bond donors (Lipinski definition) is 1. The number of carboxylic acid groups (broad SMARTS) is 1. The summed E-state index contributed by atoms with van der Waals surface area (Å²) >= 11 is 0. The quantitative estimate of drug-likeness (QED) is 0.207. The molecule has 0 aliphatic carbocycles. The summed E-state index contributed by atoms with van der Waals surface area (Å²) in [5, 5.41) is 11.5. The Balaban J connectivity index is 1.50. The molecule has 1 aliphatic rings. The van der Waals surface area contributed by atoms with Crippen molar-refractivity contribution < 1.29 is 23.8 Å².